The average Bonchev–Trinajstić information content (AvgIpc) is 3.02. The van der Waals surface area contributed by atoms with Crippen molar-refractivity contribution in [3.63, 3.8) is 0 Å². The van der Waals surface area contributed by atoms with Crippen LogP contribution < -0.4 is 14.8 Å². The predicted octanol–water partition coefficient (Wildman–Crippen LogP) is 4.28. The molecule has 2 heterocycles. The Labute approximate surface area is 128 Å². The van der Waals surface area contributed by atoms with Gasteiger partial charge in [-0.05, 0) is 54.8 Å². The van der Waals surface area contributed by atoms with Gasteiger partial charge in [0.25, 0.3) is 0 Å². The first-order valence-corrected chi connectivity index (χ1v) is 8.38. The van der Waals surface area contributed by atoms with E-state index in [1.165, 1.54) is 23.3 Å². The Morgan fingerprint density at radius 3 is 2.81 bits per heavy atom. The van der Waals surface area contributed by atoms with E-state index in [-0.39, 0.29) is 0 Å². The first kappa shape index (κ1) is 13.2. The molecule has 0 spiro atoms. The van der Waals surface area contributed by atoms with Crippen LogP contribution in [0.15, 0.2) is 35.7 Å². The number of hydrogen-bond donors (Lipinski definition) is 1. The summed E-state index contributed by atoms with van der Waals surface area (Å²) < 4.78 is 10.9. The van der Waals surface area contributed by atoms with Gasteiger partial charge < -0.3 is 14.8 Å². The van der Waals surface area contributed by atoms with Gasteiger partial charge in [0.2, 0.25) is 6.79 Å². The molecule has 1 fully saturated rings. The zero-order valence-electron chi connectivity index (χ0n) is 12.0. The lowest BCUT2D eigenvalue weighted by molar-refractivity contribution is 0.174. The molecule has 2 aliphatic rings. The van der Waals surface area contributed by atoms with Gasteiger partial charge in [-0.3, -0.25) is 0 Å². The molecule has 2 unspecified atom stereocenters. The molecule has 1 aromatic carbocycles. The molecule has 21 heavy (non-hydrogen) atoms. The van der Waals surface area contributed by atoms with E-state index in [4.69, 9.17) is 9.47 Å². The van der Waals surface area contributed by atoms with Crippen LogP contribution in [0.1, 0.15) is 42.3 Å². The maximum Gasteiger partial charge on any atom is 0.231 e. The Morgan fingerprint density at radius 2 is 2.05 bits per heavy atom. The number of benzene rings is 1. The van der Waals surface area contributed by atoms with Gasteiger partial charge >= 0.3 is 0 Å². The molecule has 1 aliphatic heterocycles. The molecule has 1 saturated carbocycles. The summed E-state index contributed by atoms with van der Waals surface area (Å²) >= 11 is 1.85. The lowest BCUT2D eigenvalue weighted by atomic mass is 10.0. The fourth-order valence-corrected chi connectivity index (χ4v) is 3.77. The molecular formula is C17H19NO2S. The van der Waals surface area contributed by atoms with Crippen LogP contribution >= 0.6 is 11.3 Å². The van der Waals surface area contributed by atoms with Gasteiger partial charge in [0.15, 0.2) is 11.5 Å². The number of rotatable bonds is 5. The second-order valence-electron chi connectivity index (χ2n) is 5.83. The fourth-order valence-electron chi connectivity index (χ4n) is 2.90. The van der Waals surface area contributed by atoms with E-state index >= 15 is 0 Å². The van der Waals surface area contributed by atoms with E-state index in [1.807, 2.05) is 17.4 Å². The highest BCUT2D eigenvalue weighted by atomic mass is 32.1. The quantitative estimate of drug-likeness (QED) is 0.894. The lowest BCUT2D eigenvalue weighted by Crippen LogP contribution is -2.25. The van der Waals surface area contributed by atoms with Crippen LogP contribution in [0.4, 0.5) is 0 Å². The van der Waals surface area contributed by atoms with E-state index in [9.17, 15) is 0 Å². The van der Waals surface area contributed by atoms with Gasteiger partial charge in [-0.1, -0.05) is 12.1 Å². The second-order valence-corrected chi connectivity index (χ2v) is 6.81. The van der Waals surface area contributed by atoms with Crippen LogP contribution in [0.5, 0.6) is 11.5 Å². The average molecular weight is 301 g/mol. The summed E-state index contributed by atoms with van der Waals surface area (Å²) in [5, 5.41) is 5.97. The van der Waals surface area contributed by atoms with Crippen molar-refractivity contribution < 1.29 is 9.47 Å². The molecule has 0 bridgehead atoms. The van der Waals surface area contributed by atoms with E-state index in [0.29, 0.717) is 18.9 Å². The highest BCUT2D eigenvalue weighted by Crippen LogP contribution is 2.44. The normalized spacial score (nSPS) is 19.5. The summed E-state index contributed by atoms with van der Waals surface area (Å²) in [5.41, 5.74) is 1.25. The van der Waals surface area contributed by atoms with Crippen molar-refractivity contribution >= 4 is 11.3 Å². The minimum atomic E-state index is 0.298. The highest BCUT2D eigenvalue weighted by Gasteiger charge is 2.33. The van der Waals surface area contributed by atoms with Crippen molar-refractivity contribution in [3.8, 4) is 11.5 Å². The van der Waals surface area contributed by atoms with Crippen molar-refractivity contribution in [2.75, 3.05) is 6.79 Å². The van der Waals surface area contributed by atoms with Crippen molar-refractivity contribution in [1.82, 2.24) is 5.32 Å². The largest absolute Gasteiger partial charge is 0.454 e. The molecular weight excluding hydrogens is 282 g/mol. The summed E-state index contributed by atoms with van der Waals surface area (Å²) in [6, 6.07) is 11.4. The third-order valence-electron chi connectivity index (χ3n) is 4.27. The third-order valence-corrected chi connectivity index (χ3v) is 5.22. The van der Waals surface area contributed by atoms with Crippen LogP contribution in [0.3, 0.4) is 0 Å². The Hall–Kier alpha value is -1.52. The van der Waals surface area contributed by atoms with Crippen molar-refractivity contribution in [2.24, 2.45) is 5.92 Å². The molecule has 110 valence electrons. The minimum absolute atomic E-state index is 0.298. The molecule has 1 aromatic heterocycles. The van der Waals surface area contributed by atoms with Crippen LogP contribution in [0.25, 0.3) is 0 Å². The molecule has 0 saturated heterocycles. The summed E-state index contributed by atoms with van der Waals surface area (Å²) in [6.45, 7) is 2.56. The third kappa shape index (κ3) is 2.65. The van der Waals surface area contributed by atoms with Gasteiger partial charge in [-0.2, -0.15) is 0 Å². The zero-order chi connectivity index (χ0) is 14.2. The van der Waals surface area contributed by atoms with E-state index in [0.717, 1.165) is 17.4 Å². The predicted molar refractivity (Wildman–Crippen MR) is 83.9 cm³/mol. The second kappa shape index (κ2) is 5.35. The first-order chi connectivity index (χ1) is 10.3. The molecule has 4 heteroatoms. The zero-order valence-corrected chi connectivity index (χ0v) is 12.9. The molecule has 2 atom stereocenters. The van der Waals surface area contributed by atoms with Crippen LogP contribution in [-0.4, -0.2) is 6.79 Å². The minimum Gasteiger partial charge on any atom is -0.454 e. The monoisotopic (exact) mass is 301 g/mol. The fraction of sp³-hybridized carbons (Fsp3) is 0.412. The van der Waals surface area contributed by atoms with E-state index in [2.05, 4.69) is 41.9 Å². The van der Waals surface area contributed by atoms with Gasteiger partial charge in [0.1, 0.15) is 0 Å². The molecule has 1 N–H and O–H groups in total. The molecule has 3 nitrogen and oxygen atoms in total. The SMILES string of the molecule is CC(NC(c1cccs1)C1CC1)c1ccc2c(c1)OCO2. The topological polar surface area (TPSA) is 30.5 Å². The van der Waals surface area contributed by atoms with Crippen molar-refractivity contribution in [2.45, 2.75) is 31.8 Å². The Kier molecular flexibility index (Phi) is 3.36. The van der Waals surface area contributed by atoms with Crippen LogP contribution in [0, 0.1) is 5.92 Å². The molecule has 0 radical (unpaired) electrons. The van der Waals surface area contributed by atoms with E-state index in [1.54, 1.807) is 0 Å². The summed E-state index contributed by atoms with van der Waals surface area (Å²) in [4.78, 5) is 1.45. The smallest absolute Gasteiger partial charge is 0.231 e. The lowest BCUT2D eigenvalue weighted by Gasteiger charge is -2.23. The maximum atomic E-state index is 5.48. The summed E-state index contributed by atoms with van der Waals surface area (Å²) in [7, 11) is 0. The van der Waals surface area contributed by atoms with Crippen LogP contribution in [0.2, 0.25) is 0 Å². The molecule has 1 aliphatic carbocycles. The number of thiophene rings is 1. The number of fused-ring (bicyclic) bond motifs is 1. The summed E-state index contributed by atoms with van der Waals surface area (Å²) in [5.74, 6) is 2.50. The molecule has 0 amide bonds. The Morgan fingerprint density at radius 1 is 1.19 bits per heavy atom. The molecule has 4 rings (SSSR count). The summed E-state index contributed by atoms with van der Waals surface area (Å²) in [6.07, 6.45) is 2.67. The maximum absolute atomic E-state index is 5.48. The van der Waals surface area contributed by atoms with Crippen molar-refractivity contribution in [1.29, 1.82) is 0 Å². The van der Waals surface area contributed by atoms with Gasteiger partial charge in [-0.15, -0.1) is 11.3 Å². The standard InChI is InChI=1S/C17H19NO2S/c1-11(13-6-7-14-15(9-13)20-10-19-14)18-17(12-4-5-12)16-3-2-8-21-16/h2-3,6-9,11-12,17-18H,4-5,10H2,1H3. The van der Waals surface area contributed by atoms with Crippen LogP contribution in [-0.2, 0) is 0 Å². The van der Waals surface area contributed by atoms with Crippen molar-refractivity contribution in [3.05, 3.63) is 46.2 Å². The number of ether oxygens (including phenoxy) is 2. The number of hydrogen-bond acceptors (Lipinski definition) is 4. The van der Waals surface area contributed by atoms with Gasteiger partial charge in [0, 0.05) is 17.0 Å². The highest BCUT2D eigenvalue weighted by molar-refractivity contribution is 7.10. The molecule has 2 aromatic rings. The Balaban J connectivity index is 1.53. The Bertz CT molecular complexity index is 622. The van der Waals surface area contributed by atoms with Gasteiger partial charge in [-0.25, -0.2) is 0 Å². The first-order valence-electron chi connectivity index (χ1n) is 7.50. The number of nitrogens with one attached hydrogen (secondary N) is 1. The van der Waals surface area contributed by atoms with E-state index < -0.39 is 0 Å². The van der Waals surface area contributed by atoms with Gasteiger partial charge in [0.05, 0.1) is 0 Å².